The van der Waals surface area contributed by atoms with Gasteiger partial charge in [0.2, 0.25) is 11.8 Å². The maximum absolute atomic E-state index is 14.4. The third-order valence-corrected chi connectivity index (χ3v) is 10.9. The van der Waals surface area contributed by atoms with Crippen LogP contribution in [0.5, 0.6) is 5.75 Å². The van der Waals surface area contributed by atoms with Crippen LogP contribution < -0.4 is 9.80 Å². The van der Waals surface area contributed by atoms with Gasteiger partial charge in [0.1, 0.15) is 5.75 Å². The van der Waals surface area contributed by atoms with Crippen molar-refractivity contribution in [3.05, 3.63) is 124 Å². The minimum Gasteiger partial charge on any atom is -0.507 e. The zero-order chi connectivity index (χ0) is 34.8. The molecule has 4 atom stereocenters. The van der Waals surface area contributed by atoms with E-state index in [4.69, 9.17) is 0 Å². The van der Waals surface area contributed by atoms with E-state index in [0.717, 1.165) is 22.2 Å². The number of aromatic hydroxyl groups is 1. The summed E-state index contributed by atoms with van der Waals surface area (Å²) in [5, 5.41) is 20.7. The number of azo groups is 1. The number of fused-ring (bicyclic) bond motifs is 4. The Hall–Kier alpha value is -5.48. The second-order valence-electron chi connectivity index (χ2n) is 13.3. The molecule has 8 rings (SSSR count). The van der Waals surface area contributed by atoms with E-state index in [0.29, 0.717) is 40.0 Å². The van der Waals surface area contributed by atoms with E-state index in [1.165, 1.54) is 11.0 Å². The molecule has 248 valence electrons. The molecule has 4 aromatic carbocycles. The van der Waals surface area contributed by atoms with Gasteiger partial charge in [0, 0.05) is 48.3 Å². The summed E-state index contributed by atoms with van der Waals surface area (Å²) in [7, 11) is 3.93. The number of halogens is 1. The lowest BCUT2D eigenvalue weighted by Crippen LogP contribution is -2.39. The predicted molar refractivity (Wildman–Crippen MR) is 194 cm³/mol. The molecule has 50 heavy (non-hydrogen) atoms. The molecule has 1 heterocycles. The van der Waals surface area contributed by atoms with E-state index in [-0.39, 0.29) is 40.0 Å². The van der Waals surface area contributed by atoms with Crippen molar-refractivity contribution in [3.63, 3.8) is 0 Å². The Labute approximate surface area is 296 Å². The molecule has 0 aromatic heterocycles. The molecule has 1 saturated heterocycles. The monoisotopic (exact) mass is 726 g/mol. The summed E-state index contributed by atoms with van der Waals surface area (Å²) in [4.78, 5) is 58.9. The Morgan fingerprint density at radius 2 is 1.46 bits per heavy atom. The predicted octanol–water partition coefficient (Wildman–Crippen LogP) is 7.99. The summed E-state index contributed by atoms with van der Waals surface area (Å²) < 4.78 is 0.175. The molecule has 4 aliphatic rings. The van der Waals surface area contributed by atoms with E-state index < -0.39 is 23.7 Å². The Kier molecular flexibility index (Phi) is 7.71. The molecule has 2 amide bonds. The molecular formula is C40H31BrN4O5. The lowest BCUT2D eigenvalue weighted by Gasteiger charge is -2.42. The lowest BCUT2D eigenvalue weighted by molar-refractivity contribution is -0.123. The van der Waals surface area contributed by atoms with E-state index >= 15 is 0 Å². The van der Waals surface area contributed by atoms with Crippen molar-refractivity contribution in [2.24, 2.45) is 28.0 Å². The Morgan fingerprint density at radius 1 is 0.800 bits per heavy atom. The number of imide groups is 1. The van der Waals surface area contributed by atoms with Crippen LogP contribution in [-0.4, -0.2) is 42.6 Å². The van der Waals surface area contributed by atoms with Gasteiger partial charge >= 0.3 is 0 Å². The van der Waals surface area contributed by atoms with Crippen molar-refractivity contribution in [1.29, 1.82) is 0 Å². The summed E-state index contributed by atoms with van der Waals surface area (Å²) in [6.07, 6.45) is 3.81. The maximum atomic E-state index is 14.4. The van der Waals surface area contributed by atoms with Crippen LogP contribution in [0.4, 0.5) is 22.7 Å². The molecule has 4 unspecified atom stereocenters. The highest BCUT2D eigenvalue weighted by molar-refractivity contribution is 9.12. The normalized spacial score (nSPS) is 23.2. The summed E-state index contributed by atoms with van der Waals surface area (Å²) in [6.45, 7) is 0. The van der Waals surface area contributed by atoms with Crippen molar-refractivity contribution in [2.45, 2.75) is 18.8 Å². The van der Waals surface area contributed by atoms with Crippen LogP contribution in [0.1, 0.15) is 24.3 Å². The average Bonchev–Trinajstić information content (AvgIpc) is 3.38. The number of nitrogens with zero attached hydrogens (tertiary/aromatic N) is 4. The van der Waals surface area contributed by atoms with Crippen LogP contribution in [0.3, 0.4) is 0 Å². The summed E-state index contributed by atoms with van der Waals surface area (Å²) in [5.41, 5.74) is 5.13. The number of phenolic OH excluding ortho intramolecular Hbond substituents is 1. The number of hydrogen-bond acceptors (Lipinski definition) is 8. The molecule has 0 bridgehead atoms. The van der Waals surface area contributed by atoms with Gasteiger partial charge in [-0.25, -0.2) is 0 Å². The number of ketones is 2. The standard InChI is InChI=1S/C40H31BrN4O5/c1-44(2)23-11-7-21(8-12-23)42-43-22-9-13-24(14-10-22)45-39(49)29-16-15-28-30(36(29)40(45)50)19-31-37(34(47)20-32(41)38(31)48)35(28)27-17-18-33(46)26-6-4-3-5-25(26)27/h3-15,17-18,20,29-30,35-36,46H,16,19H2,1-2H3. The molecule has 1 N–H and O–H groups in total. The number of allylic oxidation sites excluding steroid dienone is 6. The third kappa shape index (κ3) is 5.05. The topological polar surface area (TPSA) is 120 Å². The quantitative estimate of drug-likeness (QED) is 0.0964. The number of Topliss-reactive ketones (excluding diaryl/α,β-unsaturated/α-hetero) is 1. The molecule has 1 fully saturated rings. The minimum absolute atomic E-state index is 0.107. The average molecular weight is 728 g/mol. The number of carbonyl (C=O) groups is 4. The molecule has 4 aromatic rings. The molecule has 10 heteroatoms. The van der Waals surface area contributed by atoms with Crippen LogP contribution in [0.15, 0.2) is 129 Å². The fourth-order valence-electron chi connectivity index (χ4n) is 7.98. The smallest absolute Gasteiger partial charge is 0.238 e. The zero-order valence-electron chi connectivity index (χ0n) is 27.2. The molecule has 0 saturated carbocycles. The number of phenols is 1. The van der Waals surface area contributed by atoms with Gasteiger partial charge in [-0.05, 0) is 100 Å². The van der Waals surface area contributed by atoms with Crippen molar-refractivity contribution in [1.82, 2.24) is 0 Å². The van der Waals surface area contributed by atoms with Crippen LogP contribution in [0.25, 0.3) is 10.8 Å². The first-order valence-electron chi connectivity index (χ1n) is 16.4. The maximum Gasteiger partial charge on any atom is 0.238 e. The fourth-order valence-corrected chi connectivity index (χ4v) is 8.42. The van der Waals surface area contributed by atoms with Crippen molar-refractivity contribution in [2.75, 3.05) is 23.9 Å². The summed E-state index contributed by atoms with van der Waals surface area (Å²) >= 11 is 3.29. The number of anilines is 2. The number of carbonyl (C=O) groups excluding carboxylic acids is 4. The van der Waals surface area contributed by atoms with Gasteiger partial charge in [-0.1, -0.05) is 42.0 Å². The molecule has 9 nitrogen and oxygen atoms in total. The molecule has 3 aliphatic carbocycles. The zero-order valence-corrected chi connectivity index (χ0v) is 28.8. The fraction of sp³-hybridized carbons (Fsp3) is 0.200. The SMILES string of the molecule is CN(C)c1ccc(N=Nc2ccc(N3C(=O)C4CC=C5C(c6ccc(O)c7ccccc67)C6=C(CC5C4C3=O)C(=O)C(Br)=CC6=O)cc2)cc1. The summed E-state index contributed by atoms with van der Waals surface area (Å²) in [5.74, 6) is -3.48. The van der Waals surface area contributed by atoms with Crippen LogP contribution in [-0.2, 0) is 19.2 Å². The van der Waals surface area contributed by atoms with Crippen molar-refractivity contribution < 1.29 is 24.3 Å². The number of amides is 2. The summed E-state index contributed by atoms with van der Waals surface area (Å²) in [6, 6.07) is 25.3. The van der Waals surface area contributed by atoms with E-state index in [2.05, 4.69) is 26.2 Å². The molecule has 1 aliphatic heterocycles. The van der Waals surface area contributed by atoms with Gasteiger partial charge in [0.25, 0.3) is 0 Å². The molecular weight excluding hydrogens is 696 g/mol. The van der Waals surface area contributed by atoms with Crippen molar-refractivity contribution in [3.8, 4) is 5.75 Å². The molecule has 0 radical (unpaired) electrons. The minimum atomic E-state index is -0.709. The van der Waals surface area contributed by atoms with E-state index in [9.17, 15) is 24.3 Å². The number of rotatable bonds is 5. The van der Waals surface area contributed by atoms with Crippen LogP contribution in [0.2, 0.25) is 0 Å². The second kappa shape index (κ2) is 12.1. The van der Waals surface area contributed by atoms with Gasteiger partial charge < -0.3 is 10.0 Å². The largest absolute Gasteiger partial charge is 0.507 e. The number of benzene rings is 4. The van der Waals surface area contributed by atoms with Gasteiger partial charge in [-0.3, -0.25) is 24.1 Å². The van der Waals surface area contributed by atoms with Gasteiger partial charge in [-0.15, -0.1) is 0 Å². The number of hydrogen-bond donors (Lipinski definition) is 1. The Bertz CT molecular complexity index is 2270. The lowest BCUT2D eigenvalue weighted by atomic mass is 9.59. The second-order valence-corrected chi connectivity index (χ2v) is 14.1. The highest BCUT2D eigenvalue weighted by atomic mass is 79.9. The van der Waals surface area contributed by atoms with Gasteiger partial charge in [-0.2, -0.15) is 10.2 Å². The highest BCUT2D eigenvalue weighted by Gasteiger charge is 2.56. The first kappa shape index (κ1) is 31.8. The Balaban J connectivity index is 1.14. The Morgan fingerprint density at radius 3 is 2.14 bits per heavy atom. The van der Waals surface area contributed by atoms with E-state index in [1.54, 1.807) is 36.4 Å². The molecule has 0 spiro atoms. The highest BCUT2D eigenvalue weighted by Crippen LogP contribution is 2.56. The van der Waals surface area contributed by atoms with Gasteiger partial charge in [0.15, 0.2) is 11.6 Å². The first-order chi connectivity index (χ1) is 24.1. The van der Waals surface area contributed by atoms with Crippen LogP contribution in [0, 0.1) is 17.8 Å². The van der Waals surface area contributed by atoms with Crippen molar-refractivity contribution >= 4 is 72.8 Å². The van der Waals surface area contributed by atoms with E-state index in [1.807, 2.05) is 73.6 Å². The third-order valence-electron chi connectivity index (χ3n) is 10.3. The van der Waals surface area contributed by atoms with Gasteiger partial charge in [0.05, 0.1) is 33.4 Å². The first-order valence-corrected chi connectivity index (χ1v) is 17.2. The van der Waals surface area contributed by atoms with Crippen LogP contribution >= 0.6 is 15.9 Å².